The van der Waals surface area contributed by atoms with Crippen LogP contribution >= 0.6 is 11.3 Å². The highest BCUT2D eigenvalue weighted by atomic mass is 32.1. The van der Waals surface area contributed by atoms with Crippen LogP contribution < -0.4 is 4.80 Å². The maximum absolute atomic E-state index is 11.0. The smallest absolute Gasteiger partial charge is 0.270 e. The number of nitrogens with zero attached hydrogens (tertiary/aromatic N) is 3. The van der Waals surface area contributed by atoms with Gasteiger partial charge in [-0.1, -0.05) is 29.8 Å². The van der Waals surface area contributed by atoms with E-state index in [4.69, 9.17) is 4.99 Å². The van der Waals surface area contributed by atoms with Crippen molar-refractivity contribution in [2.75, 3.05) is 0 Å². The van der Waals surface area contributed by atoms with Gasteiger partial charge in [0.05, 0.1) is 16.3 Å². The van der Waals surface area contributed by atoms with Crippen molar-refractivity contribution in [2.24, 2.45) is 12.0 Å². The summed E-state index contributed by atoms with van der Waals surface area (Å²) >= 11 is 1.53. The van der Waals surface area contributed by atoms with Gasteiger partial charge in [-0.2, -0.15) is 0 Å². The van der Waals surface area contributed by atoms with E-state index in [9.17, 15) is 10.1 Å². The lowest BCUT2D eigenvalue weighted by Crippen LogP contribution is -2.11. The molecule has 0 amide bonds. The van der Waals surface area contributed by atoms with Gasteiger partial charge in [-0.25, -0.2) is 4.99 Å². The highest BCUT2D eigenvalue weighted by Gasteiger charge is 2.11. The van der Waals surface area contributed by atoms with Crippen LogP contribution in [0.3, 0.4) is 0 Å². The van der Waals surface area contributed by atoms with Gasteiger partial charge < -0.3 is 4.57 Å². The molecule has 0 saturated heterocycles. The predicted molar refractivity (Wildman–Crippen MR) is 101 cm³/mol. The number of aryl methyl sites for hydroxylation is 3. The first-order valence-electron chi connectivity index (χ1n) is 7.88. The second kappa shape index (κ2) is 6.64. The molecule has 6 heteroatoms. The summed E-state index contributed by atoms with van der Waals surface area (Å²) in [5.74, 6) is 0. The Morgan fingerprint density at radius 3 is 2.44 bits per heavy atom. The lowest BCUT2D eigenvalue weighted by Gasteiger charge is -2.07. The molecule has 1 aromatic heterocycles. The number of benzene rings is 2. The molecule has 3 rings (SSSR count). The van der Waals surface area contributed by atoms with Crippen LogP contribution in [0.15, 0.2) is 46.8 Å². The van der Waals surface area contributed by atoms with Gasteiger partial charge in [0.15, 0.2) is 4.80 Å². The summed E-state index contributed by atoms with van der Waals surface area (Å²) in [5, 5.41) is 13.0. The van der Waals surface area contributed by atoms with Crippen molar-refractivity contribution in [1.29, 1.82) is 0 Å². The molecule has 0 unspecified atom stereocenters. The molecule has 0 atom stereocenters. The molecular formula is C19H19N3O2S. The first-order chi connectivity index (χ1) is 11.9. The van der Waals surface area contributed by atoms with E-state index in [1.54, 1.807) is 12.1 Å². The highest BCUT2D eigenvalue weighted by molar-refractivity contribution is 7.07. The maximum Gasteiger partial charge on any atom is 0.270 e. The van der Waals surface area contributed by atoms with E-state index >= 15 is 0 Å². The third-order valence-electron chi connectivity index (χ3n) is 4.12. The number of non-ortho nitro benzene ring substituents is 1. The Kier molecular flexibility index (Phi) is 4.55. The summed E-state index contributed by atoms with van der Waals surface area (Å²) in [6, 6.07) is 10.9. The fourth-order valence-electron chi connectivity index (χ4n) is 2.96. The molecule has 0 aliphatic carbocycles. The van der Waals surface area contributed by atoms with Gasteiger partial charge in [0.1, 0.15) is 0 Å². The van der Waals surface area contributed by atoms with Gasteiger partial charge in [-0.3, -0.25) is 10.1 Å². The zero-order chi connectivity index (χ0) is 18.1. The Morgan fingerprint density at radius 1 is 1.12 bits per heavy atom. The van der Waals surface area contributed by atoms with Gasteiger partial charge >= 0.3 is 0 Å². The maximum atomic E-state index is 11.0. The van der Waals surface area contributed by atoms with Crippen LogP contribution in [0.2, 0.25) is 0 Å². The van der Waals surface area contributed by atoms with Crippen molar-refractivity contribution in [1.82, 2.24) is 4.57 Å². The first kappa shape index (κ1) is 17.1. The number of thiazole rings is 1. The van der Waals surface area contributed by atoms with Gasteiger partial charge in [-0.15, -0.1) is 11.3 Å². The number of nitro benzene ring substituents is 1. The summed E-state index contributed by atoms with van der Waals surface area (Å²) < 4.78 is 1.97. The van der Waals surface area contributed by atoms with Crippen molar-refractivity contribution in [3.8, 4) is 11.3 Å². The summed E-state index contributed by atoms with van der Waals surface area (Å²) in [5.41, 5.74) is 6.30. The minimum Gasteiger partial charge on any atom is -0.320 e. The lowest BCUT2D eigenvalue weighted by atomic mass is 10.1. The van der Waals surface area contributed by atoms with Crippen molar-refractivity contribution < 1.29 is 4.92 Å². The van der Waals surface area contributed by atoms with E-state index < -0.39 is 0 Å². The third kappa shape index (κ3) is 3.39. The second-order valence-corrected chi connectivity index (χ2v) is 6.97. The standard InChI is InChI=1S/C19H19N3O2S/c1-12-8-13(2)18(14(3)9-12)20-19-21(4)17(11-25-19)15-6-5-7-16(10-15)22(23)24/h5-11H,1-4H3. The van der Waals surface area contributed by atoms with Crippen molar-refractivity contribution >= 4 is 22.7 Å². The number of rotatable bonds is 3. The normalized spacial score (nSPS) is 11.8. The van der Waals surface area contributed by atoms with E-state index in [0.717, 1.165) is 32.9 Å². The average molecular weight is 353 g/mol. The number of nitro groups is 1. The fourth-order valence-corrected chi connectivity index (χ4v) is 3.87. The molecule has 0 fully saturated rings. The van der Waals surface area contributed by atoms with Crippen LogP contribution in [-0.2, 0) is 7.05 Å². The monoisotopic (exact) mass is 353 g/mol. The number of hydrogen-bond donors (Lipinski definition) is 0. The Bertz CT molecular complexity index is 1010. The summed E-state index contributed by atoms with van der Waals surface area (Å²) in [6.07, 6.45) is 0. The van der Waals surface area contributed by atoms with E-state index in [0.29, 0.717) is 0 Å². The first-order valence-corrected chi connectivity index (χ1v) is 8.76. The van der Waals surface area contributed by atoms with Gasteiger partial charge in [0.25, 0.3) is 5.69 Å². The molecule has 5 nitrogen and oxygen atoms in total. The number of aromatic nitrogens is 1. The predicted octanol–water partition coefficient (Wildman–Crippen LogP) is 4.82. The Labute approximate surface area is 150 Å². The van der Waals surface area contributed by atoms with Gasteiger partial charge in [-0.05, 0) is 31.9 Å². The van der Waals surface area contributed by atoms with E-state index in [-0.39, 0.29) is 10.6 Å². The van der Waals surface area contributed by atoms with Crippen LogP contribution in [0.25, 0.3) is 11.3 Å². The topological polar surface area (TPSA) is 60.4 Å². The molecule has 0 aliphatic heterocycles. The van der Waals surface area contributed by atoms with Crippen molar-refractivity contribution in [3.63, 3.8) is 0 Å². The van der Waals surface area contributed by atoms with Crippen LogP contribution in [-0.4, -0.2) is 9.49 Å². The van der Waals surface area contributed by atoms with Crippen LogP contribution in [0.1, 0.15) is 16.7 Å². The SMILES string of the molecule is Cc1cc(C)c(N=c2scc(-c3cccc([N+](=O)[O-])c3)n2C)c(C)c1. The summed E-state index contributed by atoms with van der Waals surface area (Å²) in [7, 11) is 1.93. The molecule has 3 aromatic rings. The third-order valence-corrected chi connectivity index (χ3v) is 5.04. The molecule has 0 aliphatic rings. The summed E-state index contributed by atoms with van der Waals surface area (Å²) in [4.78, 5) is 16.3. The zero-order valence-corrected chi connectivity index (χ0v) is 15.4. The van der Waals surface area contributed by atoms with Crippen LogP contribution in [0.5, 0.6) is 0 Å². The second-order valence-electron chi connectivity index (χ2n) is 6.13. The molecule has 25 heavy (non-hydrogen) atoms. The van der Waals surface area contributed by atoms with E-state index in [1.807, 2.05) is 23.1 Å². The molecule has 0 N–H and O–H groups in total. The Balaban J connectivity index is 2.11. The van der Waals surface area contributed by atoms with Crippen molar-refractivity contribution in [3.05, 3.63) is 73.4 Å². The van der Waals surface area contributed by atoms with Gasteiger partial charge in [0.2, 0.25) is 0 Å². The highest BCUT2D eigenvalue weighted by Crippen LogP contribution is 2.26. The Hall–Kier alpha value is -2.73. The molecule has 2 aromatic carbocycles. The molecule has 0 bridgehead atoms. The van der Waals surface area contributed by atoms with Crippen LogP contribution in [0, 0.1) is 30.9 Å². The molecule has 0 spiro atoms. The molecule has 1 heterocycles. The Morgan fingerprint density at radius 2 is 1.80 bits per heavy atom. The summed E-state index contributed by atoms with van der Waals surface area (Å²) in [6.45, 7) is 6.21. The lowest BCUT2D eigenvalue weighted by molar-refractivity contribution is -0.384. The molecular weight excluding hydrogens is 334 g/mol. The molecule has 0 saturated carbocycles. The van der Waals surface area contributed by atoms with Crippen LogP contribution in [0.4, 0.5) is 11.4 Å². The largest absolute Gasteiger partial charge is 0.320 e. The average Bonchev–Trinajstić information content (AvgIpc) is 2.91. The van der Waals surface area contributed by atoms with Gasteiger partial charge in [0, 0.05) is 30.1 Å². The minimum absolute atomic E-state index is 0.0902. The minimum atomic E-state index is -0.375. The quantitative estimate of drug-likeness (QED) is 0.501. The van der Waals surface area contributed by atoms with E-state index in [2.05, 4.69) is 32.9 Å². The molecule has 128 valence electrons. The zero-order valence-electron chi connectivity index (χ0n) is 14.6. The van der Waals surface area contributed by atoms with E-state index in [1.165, 1.54) is 23.0 Å². The fraction of sp³-hybridized carbons (Fsp3) is 0.211. The van der Waals surface area contributed by atoms with Crippen molar-refractivity contribution in [2.45, 2.75) is 20.8 Å². The molecule has 0 radical (unpaired) electrons. The number of hydrogen-bond acceptors (Lipinski definition) is 4.